The van der Waals surface area contributed by atoms with E-state index in [0.29, 0.717) is 70.9 Å². The molecule has 77 heavy (non-hydrogen) atoms. The lowest BCUT2D eigenvalue weighted by atomic mass is 10.2. The van der Waals surface area contributed by atoms with Gasteiger partial charge in [-0.2, -0.15) is 15.0 Å². The van der Waals surface area contributed by atoms with E-state index >= 15 is 0 Å². The Morgan fingerprint density at radius 3 is 1.16 bits per heavy atom. The van der Waals surface area contributed by atoms with Gasteiger partial charge in [-0.3, -0.25) is 14.4 Å². The number of hydrogen-bond donors (Lipinski definition) is 0. The van der Waals surface area contributed by atoms with Crippen molar-refractivity contribution >= 4 is 29.5 Å². The Morgan fingerprint density at radius 2 is 0.818 bits per heavy atom. The van der Waals surface area contributed by atoms with E-state index in [1.807, 2.05) is 118 Å². The van der Waals surface area contributed by atoms with Crippen LogP contribution in [0.15, 0.2) is 104 Å². The minimum atomic E-state index is -0.510. The van der Waals surface area contributed by atoms with Crippen molar-refractivity contribution in [1.82, 2.24) is 81.2 Å². The van der Waals surface area contributed by atoms with Crippen molar-refractivity contribution in [2.24, 2.45) is 0 Å². The maximum Gasteiger partial charge on any atom is 0.306 e. The fourth-order valence-electron chi connectivity index (χ4n) is 6.22. The van der Waals surface area contributed by atoms with Crippen LogP contribution >= 0.6 is 11.6 Å². The van der Waals surface area contributed by atoms with Crippen LogP contribution in [0.1, 0.15) is 105 Å². The van der Waals surface area contributed by atoms with Gasteiger partial charge in [-0.05, 0) is 148 Å². The van der Waals surface area contributed by atoms with Crippen LogP contribution in [-0.2, 0) is 47.9 Å². The van der Waals surface area contributed by atoms with E-state index in [9.17, 15) is 14.4 Å². The largest absolute Gasteiger partial charge is 0.460 e. The standard InChI is InChI=1S/C21H23N5O3.C17H19N7O2.C15H17ClN4O2/c1-14-5-11-18(22-13-14)28-16-8-6-15(7-9-16)20-25-23-17(24-26-20)10-12-19(27)29-21(2,3)4;1-17(2,3)26-15(25)9-8-14-20-22-16(23-21-14)12-4-6-13(7-5-12)24-18-10-11-19-24;1-15(2,3)22-13(21)9-8-12-17-19-14(20-18-12)10-4-6-11(16)7-5-10/h5-9,11,13H,10,12H2,1-4H3;4-7,10-11H,8-9H2,1-3H3;4-7H,8-9H2,1-3H3. The molecule has 0 saturated heterocycles. The average molecular weight is 1070 g/mol. The first kappa shape index (κ1) is 57.5. The smallest absolute Gasteiger partial charge is 0.306 e. The molecule has 0 bridgehead atoms. The number of pyridine rings is 1. The number of rotatable bonds is 15. The third-order valence-corrected chi connectivity index (χ3v) is 9.83. The maximum atomic E-state index is 11.8. The van der Waals surface area contributed by atoms with Crippen molar-refractivity contribution in [3.63, 3.8) is 0 Å². The first-order valence-electron chi connectivity index (χ1n) is 24.3. The van der Waals surface area contributed by atoms with Crippen molar-refractivity contribution in [2.45, 2.75) is 125 Å². The molecule has 3 aromatic carbocycles. The Labute approximate surface area is 450 Å². The minimum absolute atomic E-state index is 0.180. The molecule has 0 saturated carbocycles. The summed E-state index contributed by atoms with van der Waals surface area (Å²) in [7, 11) is 0. The van der Waals surface area contributed by atoms with Crippen molar-refractivity contribution < 1.29 is 33.3 Å². The molecule has 24 heteroatoms. The third-order valence-electron chi connectivity index (χ3n) is 9.58. The van der Waals surface area contributed by atoms with E-state index in [0.717, 1.165) is 27.9 Å². The lowest BCUT2D eigenvalue weighted by Gasteiger charge is -2.19. The number of ether oxygens (including phenoxy) is 4. The zero-order valence-electron chi connectivity index (χ0n) is 44.4. The van der Waals surface area contributed by atoms with E-state index in [2.05, 4.69) is 76.4 Å². The molecule has 0 aliphatic heterocycles. The fraction of sp³-hybridized carbons (Fsp3) is 0.358. The molecule has 0 unspecified atom stereocenters. The normalized spacial score (nSPS) is 11.3. The van der Waals surface area contributed by atoms with E-state index in [1.165, 1.54) is 4.80 Å². The highest BCUT2D eigenvalue weighted by atomic mass is 35.5. The van der Waals surface area contributed by atoms with E-state index < -0.39 is 16.8 Å². The number of carbonyl (C=O) groups excluding carboxylic acids is 3. The highest BCUT2D eigenvalue weighted by Crippen LogP contribution is 2.24. The molecule has 8 rings (SSSR count). The molecule has 0 fully saturated rings. The van der Waals surface area contributed by atoms with Crippen LogP contribution in [0.5, 0.6) is 11.6 Å². The summed E-state index contributed by atoms with van der Waals surface area (Å²) < 4.78 is 21.4. The molecule has 23 nitrogen and oxygen atoms in total. The van der Waals surface area contributed by atoms with Crippen LogP contribution in [0.2, 0.25) is 5.02 Å². The molecule has 0 spiro atoms. The summed E-state index contributed by atoms with van der Waals surface area (Å²) in [5, 5.41) is 57.3. The van der Waals surface area contributed by atoms with Crippen LogP contribution in [0.3, 0.4) is 0 Å². The van der Waals surface area contributed by atoms with Gasteiger partial charge in [0.15, 0.2) is 17.5 Å². The quantitative estimate of drug-likeness (QED) is 0.0688. The number of hydrogen-bond acceptors (Lipinski definition) is 22. The summed E-state index contributed by atoms with van der Waals surface area (Å²) in [6.45, 7) is 18.4. The Morgan fingerprint density at radius 1 is 0.468 bits per heavy atom. The number of benzene rings is 3. The maximum absolute atomic E-state index is 11.8. The highest BCUT2D eigenvalue weighted by Gasteiger charge is 2.19. The number of carbonyl (C=O) groups is 3. The summed E-state index contributed by atoms with van der Waals surface area (Å²) in [5.41, 5.74) is 2.70. The Balaban J connectivity index is 0.000000189. The SMILES string of the molecule is CC(C)(C)OC(=O)CCc1nnc(-c2ccc(-n3nccn3)cc2)nn1.CC(C)(C)OC(=O)CCc1nnc(-c2ccc(Cl)cc2)nn1.Cc1ccc(Oc2ccc(-c3nnc(CCC(=O)OC(C)(C)C)nn3)cc2)nc1. The molecule has 0 aliphatic carbocycles. The van der Waals surface area contributed by atoms with Gasteiger partial charge in [0, 0.05) is 53.2 Å². The number of halogens is 1. The molecule has 0 N–H and O–H groups in total. The monoisotopic (exact) mass is 1070 g/mol. The molecule has 0 amide bonds. The second kappa shape index (κ2) is 26.7. The topological polar surface area (TPSA) is 286 Å². The van der Waals surface area contributed by atoms with Gasteiger partial charge in [-0.1, -0.05) is 17.7 Å². The predicted molar refractivity (Wildman–Crippen MR) is 281 cm³/mol. The summed E-state index contributed by atoms with van der Waals surface area (Å²) in [6.07, 6.45) is 6.53. The molecule has 5 aromatic heterocycles. The Hall–Kier alpha value is -8.73. The average Bonchev–Trinajstić information content (AvgIpc) is 3.93. The second-order valence-electron chi connectivity index (χ2n) is 19.9. The van der Waals surface area contributed by atoms with Gasteiger partial charge < -0.3 is 18.9 Å². The van der Waals surface area contributed by atoms with Crippen molar-refractivity contribution in [1.29, 1.82) is 0 Å². The Kier molecular flexibility index (Phi) is 19.9. The van der Waals surface area contributed by atoms with Gasteiger partial charge in [0.2, 0.25) is 23.4 Å². The van der Waals surface area contributed by atoms with Crippen LogP contribution < -0.4 is 4.74 Å². The summed E-state index contributed by atoms with van der Waals surface area (Å²) in [6, 6.07) is 25.5. The lowest BCUT2D eigenvalue weighted by molar-refractivity contribution is -0.155. The Bertz CT molecular complexity index is 3120. The molecule has 0 atom stereocenters. The molecule has 8 aromatic rings. The van der Waals surface area contributed by atoms with Crippen molar-refractivity contribution in [3.05, 3.63) is 132 Å². The first-order valence-corrected chi connectivity index (χ1v) is 24.7. The van der Waals surface area contributed by atoms with Gasteiger partial charge in [-0.15, -0.1) is 61.2 Å². The molecule has 0 aliphatic rings. The number of aryl methyl sites for hydroxylation is 4. The third kappa shape index (κ3) is 20.5. The van der Waals surface area contributed by atoms with Gasteiger partial charge in [0.1, 0.15) is 22.6 Å². The fourth-order valence-corrected chi connectivity index (χ4v) is 6.34. The van der Waals surface area contributed by atoms with Gasteiger partial charge in [0.05, 0.1) is 37.3 Å². The highest BCUT2D eigenvalue weighted by molar-refractivity contribution is 6.30. The zero-order valence-corrected chi connectivity index (χ0v) is 45.2. The number of nitrogens with zero attached hydrogens (tertiary/aromatic N) is 16. The molecular weight excluding hydrogens is 1010 g/mol. The van der Waals surface area contributed by atoms with E-state index in [4.69, 9.17) is 30.5 Å². The van der Waals surface area contributed by atoms with Crippen LogP contribution in [0.25, 0.3) is 39.9 Å². The van der Waals surface area contributed by atoms with E-state index in [1.54, 1.807) is 55.0 Å². The summed E-state index contributed by atoms with van der Waals surface area (Å²) >= 11 is 5.83. The molecular formula is C53H59ClN16O7. The van der Waals surface area contributed by atoms with Crippen molar-refractivity contribution in [2.75, 3.05) is 0 Å². The number of aromatic nitrogens is 16. The van der Waals surface area contributed by atoms with E-state index in [-0.39, 0.29) is 37.2 Å². The minimum Gasteiger partial charge on any atom is -0.460 e. The summed E-state index contributed by atoms with van der Waals surface area (Å²) in [5.74, 6) is 2.70. The molecule has 400 valence electrons. The van der Waals surface area contributed by atoms with Crippen molar-refractivity contribution in [3.8, 4) is 51.5 Å². The number of esters is 3. The predicted octanol–water partition coefficient (Wildman–Crippen LogP) is 8.35. The van der Waals surface area contributed by atoms with Gasteiger partial charge >= 0.3 is 17.9 Å². The van der Waals surface area contributed by atoms with Crippen LogP contribution in [-0.4, -0.2) is 116 Å². The first-order chi connectivity index (χ1) is 36.5. The van der Waals surface area contributed by atoms with Gasteiger partial charge in [-0.25, -0.2) is 4.98 Å². The zero-order chi connectivity index (χ0) is 55.6. The van der Waals surface area contributed by atoms with Gasteiger partial charge in [0.25, 0.3) is 0 Å². The van der Waals surface area contributed by atoms with Crippen LogP contribution in [0.4, 0.5) is 0 Å². The molecule has 5 heterocycles. The molecule has 0 radical (unpaired) electrons. The second-order valence-corrected chi connectivity index (χ2v) is 20.3. The lowest BCUT2D eigenvalue weighted by Crippen LogP contribution is -2.24. The summed E-state index contributed by atoms with van der Waals surface area (Å²) in [4.78, 5) is 40.8. The van der Waals surface area contributed by atoms with Crippen LogP contribution in [0, 0.1) is 6.92 Å².